The van der Waals surface area contributed by atoms with E-state index in [-0.39, 0.29) is 0 Å². The molecule has 88 valence electrons. The molecule has 1 aliphatic carbocycles. The van der Waals surface area contributed by atoms with Gasteiger partial charge in [0.15, 0.2) is 0 Å². The van der Waals surface area contributed by atoms with Crippen molar-refractivity contribution in [1.82, 2.24) is 4.90 Å². The Labute approximate surface area is 101 Å². The maximum Gasteiger partial charge on any atom is 0.129 e. The first kappa shape index (κ1) is 11.8. The highest BCUT2D eigenvalue weighted by Gasteiger charge is 2.28. The zero-order chi connectivity index (χ0) is 11.4. The van der Waals surface area contributed by atoms with Crippen LogP contribution in [0.1, 0.15) is 37.5 Å². The highest BCUT2D eigenvalue weighted by Crippen LogP contribution is 2.29. The van der Waals surface area contributed by atoms with Crippen LogP contribution in [0.5, 0.6) is 0 Å². The second-order valence-electron chi connectivity index (χ2n) is 4.59. The van der Waals surface area contributed by atoms with E-state index in [0.717, 1.165) is 32.0 Å². The third kappa shape index (κ3) is 3.72. The molecule has 0 saturated heterocycles. The van der Waals surface area contributed by atoms with E-state index in [0.29, 0.717) is 5.78 Å². The highest BCUT2D eigenvalue weighted by molar-refractivity contribution is 7.09. The summed E-state index contributed by atoms with van der Waals surface area (Å²) >= 11 is 1.83. The van der Waals surface area contributed by atoms with Gasteiger partial charge in [0, 0.05) is 23.9 Å². The van der Waals surface area contributed by atoms with Gasteiger partial charge >= 0.3 is 0 Å². The summed E-state index contributed by atoms with van der Waals surface area (Å²) < 4.78 is 0. The predicted octanol–water partition coefficient (Wildman–Crippen LogP) is 3.08. The number of thiophene rings is 1. The molecular weight excluding hydrogens is 218 g/mol. The Bertz CT molecular complexity index is 330. The van der Waals surface area contributed by atoms with E-state index in [1.54, 1.807) is 6.92 Å². The van der Waals surface area contributed by atoms with Gasteiger partial charge < -0.3 is 4.79 Å². The summed E-state index contributed by atoms with van der Waals surface area (Å²) in [6, 6.07) is 5.10. The van der Waals surface area contributed by atoms with Gasteiger partial charge in [0.05, 0.1) is 0 Å². The Morgan fingerprint density at radius 3 is 2.94 bits per heavy atom. The Kier molecular flexibility index (Phi) is 4.13. The maximum absolute atomic E-state index is 10.9. The molecule has 0 radical (unpaired) electrons. The fraction of sp³-hybridized carbons (Fsp3) is 0.615. The van der Waals surface area contributed by atoms with Crippen molar-refractivity contribution >= 4 is 17.1 Å². The molecule has 0 atom stereocenters. The summed E-state index contributed by atoms with van der Waals surface area (Å²) in [5, 5.41) is 2.13. The fourth-order valence-electron chi connectivity index (χ4n) is 1.96. The van der Waals surface area contributed by atoms with Crippen LogP contribution in [0.4, 0.5) is 0 Å². The van der Waals surface area contributed by atoms with Crippen LogP contribution in [0.3, 0.4) is 0 Å². The Hall–Kier alpha value is -0.670. The summed E-state index contributed by atoms with van der Waals surface area (Å²) in [6.07, 6.45) is 4.42. The van der Waals surface area contributed by atoms with Gasteiger partial charge in [-0.05, 0) is 44.2 Å². The molecule has 1 aliphatic rings. The van der Waals surface area contributed by atoms with Gasteiger partial charge in [-0.3, -0.25) is 4.90 Å². The zero-order valence-electron chi connectivity index (χ0n) is 9.82. The Morgan fingerprint density at radius 1 is 1.56 bits per heavy atom. The summed E-state index contributed by atoms with van der Waals surface area (Å²) in [6.45, 7) is 3.82. The number of hydrogen-bond donors (Lipinski definition) is 0. The molecule has 0 bridgehead atoms. The van der Waals surface area contributed by atoms with Crippen molar-refractivity contribution in [3.8, 4) is 0 Å². The van der Waals surface area contributed by atoms with Crippen LogP contribution in [-0.2, 0) is 11.3 Å². The number of rotatable bonds is 7. The average molecular weight is 237 g/mol. The van der Waals surface area contributed by atoms with Gasteiger partial charge in [-0.1, -0.05) is 6.07 Å². The third-order valence-electron chi connectivity index (χ3n) is 2.98. The summed E-state index contributed by atoms with van der Waals surface area (Å²) in [5.74, 6) is 0.312. The van der Waals surface area contributed by atoms with Crippen LogP contribution in [0.2, 0.25) is 0 Å². The molecule has 0 amide bonds. The largest absolute Gasteiger partial charge is 0.300 e. The third-order valence-corrected chi connectivity index (χ3v) is 3.84. The van der Waals surface area contributed by atoms with Crippen molar-refractivity contribution in [3.63, 3.8) is 0 Å². The van der Waals surface area contributed by atoms with Crippen LogP contribution in [0.15, 0.2) is 17.5 Å². The second kappa shape index (κ2) is 5.60. The van der Waals surface area contributed by atoms with Crippen molar-refractivity contribution in [2.24, 2.45) is 0 Å². The first-order valence-corrected chi connectivity index (χ1v) is 6.89. The number of Topliss-reactive ketones (excluding diaryl/α,β-unsaturated/α-hetero) is 1. The van der Waals surface area contributed by atoms with Crippen molar-refractivity contribution in [3.05, 3.63) is 22.4 Å². The molecule has 1 fully saturated rings. The van der Waals surface area contributed by atoms with Gasteiger partial charge in [0.2, 0.25) is 0 Å². The van der Waals surface area contributed by atoms with Crippen molar-refractivity contribution in [2.75, 3.05) is 6.54 Å². The number of ketones is 1. The van der Waals surface area contributed by atoms with Gasteiger partial charge in [0.1, 0.15) is 5.78 Å². The lowest BCUT2D eigenvalue weighted by atomic mass is 10.2. The molecule has 0 spiro atoms. The molecule has 1 aromatic heterocycles. The molecule has 3 heteroatoms. The van der Waals surface area contributed by atoms with Gasteiger partial charge in [-0.2, -0.15) is 0 Å². The molecule has 1 heterocycles. The molecular formula is C13H19NOS. The van der Waals surface area contributed by atoms with Gasteiger partial charge in [0.25, 0.3) is 0 Å². The number of hydrogen-bond acceptors (Lipinski definition) is 3. The van der Waals surface area contributed by atoms with Crippen LogP contribution < -0.4 is 0 Å². The molecule has 0 aliphatic heterocycles. The van der Waals surface area contributed by atoms with Crippen LogP contribution in [-0.4, -0.2) is 23.3 Å². The lowest BCUT2D eigenvalue weighted by Crippen LogP contribution is -2.26. The minimum atomic E-state index is 0.312. The van der Waals surface area contributed by atoms with Crippen LogP contribution in [0.25, 0.3) is 0 Å². The molecule has 2 rings (SSSR count). The SMILES string of the molecule is CC(=O)CCCN(Cc1cccs1)C1CC1. The quantitative estimate of drug-likeness (QED) is 0.726. The zero-order valence-corrected chi connectivity index (χ0v) is 10.6. The van der Waals surface area contributed by atoms with Gasteiger partial charge in [-0.15, -0.1) is 11.3 Å². The summed E-state index contributed by atoms with van der Waals surface area (Å²) in [7, 11) is 0. The van der Waals surface area contributed by atoms with Crippen molar-refractivity contribution in [2.45, 2.75) is 45.2 Å². The number of carbonyl (C=O) groups is 1. The normalized spacial score (nSPS) is 15.6. The molecule has 0 unspecified atom stereocenters. The highest BCUT2D eigenvalue weighted by atomic mass is 32.1. The summed E-state index contributed by atoms with van der Waals surface area (Å²) in [5.41, 5.74) is 0. The van der Waals surface area contributed by atoms with Crippen molar-refractivity contribution in [1.29, 1.82) is 0 Å². The van der Waals surface area contributed by atoms with Crippen LogP contribution in [0, 0.1) is 0 Å². The molecule has 0 N–H and O–H groups in total. The van der Waals surface area contributed by atoms with Crippen LogP contribution >= 0.6 is 11.3 Å². The smallest absolute Gasteiger partial charge is 0.129 e. The maximum atomic E-state index is 10.9. The fourth-order valence-corrected chi connectivity index (χ4v) is 2.69. The van der Waals surface area contributed by atoms with E-state index >= 15 is 0 Å². The Balaban J connectivity index is 1.78. The average Bonchev–Trinajstić information content (AvgIpc) is 2.96. The lowest BCUT2D eigenvalue weighted by molar-refractivity contribution is -0.117. The standard InChI is InChI=1S/C13H19NOS/c1-11(15)4-2-8-14(12-6-7-12)10-13-5-3-9-16-13/h3,5,9,12H,2,4,6-8,10H2,1H3. The van der Waals surface area contributed by atoms with E-state index in [9.17, 15) is 4.79 Å². The number of carbonyl (C=O) groups excluding carboxylic acids is 1. The topological polar surface area (TPSA) is 20.3 Å². The Morgan fingerprint density at radius 2 is 2.38 bits per heavy atom. The van der Waals surface area contributed by atoms with E-state index in [1.165, 1.54) is 17.7 Å². The molecule has 16 heavy (non-hydrogen) atoms. The molecule has 1 aromatic rings. The molecule has 0 aromatic carbocycles. The second-order valence-corrected chi connectivity index (χ2v) is 5.62. The number of nitrogens with zero attached hydrogens (tertiary/aromatic N) is 1. The van der Waals surface area contributed by atoms with E-state index < -0.39 is 0 Å². The first-order valence-electron chi connectivity index (χ1n) is 6.01. The van der Waals surface area contributed by atoms with Crippen molar-refractivity contribution < 1.29 is 4.79 Å². The molecule has 2 nitrogen and oxygen atoms in total. The van der Waals surface area contributed by atoms with E-state index in [4.69, 9.17) is 0 Å². The van der Waals surface area contributed by atoms with Gasteiger partial charge in [-0.25, -0.2) is 0 Å². The summed E-state index contributed by atoms with van der Waals surface area (Å²) in [4.78, 5) is 14.9. The minimum Gasteiger partial charge on any atom is -0.300 e. The monoisotopic (exact) mass is 237 g/mol. The minimum absolute atomic E-state index is 0.312. The first-order chi connectivity index (χ1) is 7.75. The lowest BCUT2D eigenvalue weighted by Gasteiger charge is -2.20. The predicted molar refractivity (Wildman–Crippen MR) is 67.7 cm³/mol. The van der Waals surface area contributed by atoms with E-state index in [2.05, 4.69) is 22.4 Å². The van der Waals surface area contributed by atoms with E-state index in [1.807, 2.05) is 11.3 Å². The molecule has 1 saturated carbocycles.